The van der Waals surface area contributed by atoms with Gasteiger partial charge in [0, 0.05) is 39.4 Å². The van der Waals surface area contributed by atoms with E-state index < -0.39 is 10.0 Å². The van der Waals surface area contributed by atoms with Crippen LogP contribution in [0.3, 0.4) is 0 Å². The molecule has 1 aliphatic heterocycles. The van der Waals surface area contributed by atoms with Crippen LogP contribution in [0.25, 0.3) is 11.0 Å². The average Bonchev–Trinajstić information content (AvgIpc) is 2.96. The second-order valence-electron chi connectivity index (χ2n) is 6.46. The van der Waals surface area contributed by atoms with Crippen molar-refractivity contribution in [2.24, 2.45) is 7.05 Å². The van der Waals surface area contributed by atoms with E-state index in [-0.39, 0.29) is 18.5 Å². The van der Waals surface area contributed by atoms with E-state index in [9.17, 15) is 8.42 Å². The molecule has 0 radical (unpaired) electrons. The summed E-state index contributed by atoms with van der Waals surface area (Å²) in [4.78, 5) is 6.55. The van der Waals surface area contributed by atoms with Gasteiger partial charge in [-0.1, -0.05) is 0 Å². The molecule has 1 fully saturated rings. The maximum atomic E-state index is 12.4. The number of pyridine rings is 1. The zero-order chi connectivity index (χ0) is 18.0. The van der Waals surface area contributed by atoms with Crippen molar-refractivity contribution in [2.75, 3.05) is 43.4 Å². The second kappa shape index (κ2) is 7.27. The maximum absolute atomic E-state index is 12.4. The van der Waals surface area contributed by atoms with Crippen molar-refractivity contribution in [1.29, 1.82) is 0 Å². The first-order valence-electron chi connectivity index (χ1n) is 8.49. The van der Waals surface area contributed by atoms with Crippen LogP contribution in [0.2, 0.25) is 0 Å². The normalized spacial score (nSPS) is 16.9. The van der Waals surface area contributed by atoms with Gasteiger partial charge in [0.1, 0.15) is 0 Å². The molecule has 0 spiro atoms. The molecule has 1 saturated heterocycles. The summed E-state index contributed by atoms with van der Waals surface area (Å²) in [7, 11) is -1.41. The molecule has 0 aliphatic carbocycles. The Morgan fingerprint density at radius 3 is 2.64 bits per heavy atom. The molecule has 0 atom stereocenters. The third kappa shape index (κ3) is 3.94. The molecule has 3 rings (SSSR count). The summed E-state index contributed by atoms with van der Waals surface area (Å²) in [6.45, 7) is 6.30. The molecular weight excluding hydrogens is 342 g/mol. The first-order chi connectivity index (χ1) is 11.9. The van der Waals surface area contributed by atoms with Crippen molar-refractivity contribution in [3.05, 3.63) is 18.5 Å². The van der Waals surface area contributed by atoms with Crippen LogP contribution in [-0.4, -0.2) is 72.1 Å². The largest absolute Gasteiger partial charge is 0.378 e. The van der Waals surface area contributed by atoms with E-state index in [1.165, 1.54) is 0 Å². The van der Waals surface area contributed by atoms with Gasteiger partial charge in [-0.3, -0.25) is 4.68 Å². The van der Waals surface area contributed by atoms with Gasteiger partial charge in [-0.25, -0.2) is 13.4 Å². The molecule has 3 heterocycles. The van der Waals surface area contributed by atoms with E-state index in [1.807, 2.05) is 33.2 Å². The van der Waals surface area contributed by atoms with Gasteiger partial charge >= 0.3 is 0 Å². The zero-order valence-corrected chi connectivity index (χ0v) is 15.7. The van der Waals surface area contributed by atoms with Crippen molar-refractivity contribution in [3.63, 3.8) is 0 Å². The number of piperazine rings is 1. The van der Waals surface area contributed by atoms with Gasteiger partial charge in [0.2, 0.25) is 10.0 Å². The molecule has 0 saturated carbocycles. The Hall–Kier alpha value is -1.71. The summed E-state index contributed by atoms with van der Waals surface area (Å²) >= 11 is 0. The number of sulfonamides is 1. The average molecular weight is 367 g/mol. The summed E-state index contributed by atoms with van der Waals surface area (Å²) in [6, 6.07) is 1.96. The summed E-state index contributed by atoms with van der Waals surface area (Å²) in [6.07, 6.45) is 3.62. The summed E-state index contributed by atoms with van der Waals surface area (Å²) in [5.41, 5.74) is 1.89. The molecular formula is C16H25N5O3S. The molecule has 0 bridgehead atoms. The Balaban J connectivity index is 1.65. The third-order valence-corrected chi connectivity index (χ3v) is 6.21. The smallest absolute Gasteiger partial charge is 0.216 e. The monoisotopic (exact) mass is 367 g/mol. The molecule has 25 heavy (non-hydrogen) atoms. The van der Waals surface area contributed by atoms with Crippen LogP contribution in [0.15, 0.2) is 18.5 Å². The molecule has 0 N–H and O–H groups in total. The van der Waals surface area contributed by atoms with Crippen molar-refractivity contribution >= 4 is 26.7 Å². The van der Waals surface area contributed by atoms with Crippen LogP contribution in [0.1, 0.15) is 13.8 Å². The van der Waals surface area contributed by atoms with Crippen LogP contribution in [-0.2, 0) is 21.8 Å². The lowest BCUT2D eigenvalue weighted by Crippen LogP contribution is -2.49. The molecule has 9 heteroatoms. The Labute approximate surface area is 148 Å². The standard InChI is InChI=1S/C16H25N5O3S/c1-13(2)24-10-11-25(22,23)21-8-6-20(7-9-21)15-4-5-17-16-14(15)12-18-19(16)3/h4-5,12-13H,6-11H2,1-3H3. The zero-order valence-electron chi connectivity index (χ0n) is 14.9. The van der Waals surface area contributed by atoms with Crippen molar-refractivity contribution in [1.82, 2.24) is 19.1 Å². The lowest BCUT2D eigenvalue weighted by atomic mass is 10.2. The van der Waals surface area contributed by atoms with E-state index in [4.69, 9.17) is 4.74 Å². The fourth-order valence-corrected chi connectivity index (χ4v) is 4.32. The van der Waals surface area contributed by atoms with Gasteiger partial charge in [0.15, 0.2) is 5.65 Å². The van der Waals surface area contributed by atoms with Crippen molar-refractivity contribution < 1.29 is 13.2 Å². The van der Waals surface area contributed by atoms with Crippen LogP contribution in [0, 0.1) is 0 Å². The van der Waals surface area contributed by atoms with Gasteiger partial charge in [0.05, 0.1) is 35.7 Å². The predicted molar refractivity (Wildman–Crippen MR) is 97.2 cm³/mol. The highest BCUT2D eigenvalue weighted by Crippen LogP contribution is 2.26. The fraction of sp³-hybridized carbons (Fsp3) is 0.625. The summed E-state index contributed by atoms with van der Waals surface area (Å²) in [5.74, 6) is 0.0350. The van der Waals surface area contributed by atoms with Gasteiger partial charge in [-0.2, -0.15) is 9.40 Å². The number of hydrogen-bond acceptors (Lipinski definition) is 6. The van der Waals surface area contributed by atoms with E-state index in [1.54, 1.807) is 15.2 Å². The summed E-state index contributed by atoms with van der Waals surface area (Å²) < 4.78 is 33.5. The first kappa shape index (κ1) is 18.1. The lowest BCUT2D eigenvalue weighted by Gasteiger charge is -2.35. The van der Waals surface area contributed by atoms with Gasteiger partial charge in [-0.05, 0) is 19.9 Å². The number of rotatable bonds is 6. The number of anilines is 1. The van der Waals surface area contributed by atoms with Crippen LogP contribution in [0.4, 0.5) is 5.69 Å². The van der Waals surface area contributed by atoms with Gasteiger partial charge in [0.25, 0.3) is 0 Å². The van der Waals surface area contributed by atoms with E-state index in [0.717, 1.165) is 16.7 Å². The quantitative estimate of drug-likeness (QED) is 0.753. The number of ether oxygens (including phenoxy) is 1. The fourth-order valence-electron chi connectivity index (χ4n) is 3.03. The van der Waals surface area contributed by atoms with E-state index in [0.29, 0.717) is 26.2 Å². The maximum Gasteiger partial charge on any atom is 0.216 e. The van der Waals surface area contributed by atoms with Gasteiger partial charge < -0.3 is 9.64 Å². The molecule has 1 aliphatic rings. The molecule has 0 aromatic carbocycles. The topological polar surface area (TPSA) is 80.6 Å². The van der Waals surface area contributed by atoms with E-state index in [2.05, 4.69) is 15.0 Å². The van der Waals surface area contributed by atoms with Crippen LogP contribution >= 0.6 is 0 Å². The molecule has 8 nitrogen and oxygen atoms in total. The minimum absolute atomic E-state index is 0.0350. The minimum Gasteiger partial charge on any atom is -0.378 e. The number of fused-ring (bicyclic) bond motifs is 1. The van der Waals surface area contributed by atoms with E-state index >= 15 is 0 Å². The number of aryl methyl sites for hydroxylation is 1. The Morgan fingerprint density at radius 2 is 1.96 bits per heavy atom. The SMILES string of the molecule is CC(C)OCCS(=O)(=O)N1CCN(c2ccnc3c2cnn3C)CC1. The Bertz CT molecular complexity index is 825. The van der Waals surface area contributed by atoms with Gasteiger partial charge in [-0.15, -0.1) is 0 Å². The molecule has 2 aromatic heterocycles. The first-order valence-corrected chi connectivity index (χ1v) is 10.1. The molecule has 2 aromatic rings. The Kier molecular flexibility index (Phi) is 5.26. The number of hydrogen-bond donors (Lipinski definition) is 0. The minimum atomic E-state index is -3.27. The Morgan fingerprint density at radius 1 is 1.24 bits per heavy atom. The summed E-state index contributed by atoms with van der Waals surface area (Å²) in [5, 5.41) is 5.25. The van der Waals surface area contributed by atoms with Crippen LogP contribution < -0.4 is 4.90 Å². The highest BCUT2D eigenvalue weighted by atomic mass is 32.2. The van der Waals surface area contributed by atoms with Crippen molar-refractivity contribution in [2.45, 2.75) is 20.0 Å². The second-order valence-corrected chi connectivity index (χ2v) is 8.55. The highest BCUT2D eigenvalue weighted by molar-refractivity contribution is 7.89. The molecule has 0 amide bonds. The molecule has 138 valence electrons. The molecule has 0 unspecified atom stereocenters. The number of aromatic nitrogens is 3. The predicted octanol–water partition coefficient (Wildman–Crippen LogP) is 0.845. The van der Waals surface area contributed by atoms with Crippen molar-refractivity contribution in [3.8, 4) is 0 Å². The third-order valence-electron chi connectivity index (χ3n) is 4.38. The highest BCUT2D eigenvalue weighted by Gasteiger charge is 2.27. The lowest BCUT2D eigenvalue weighted by molar-refractivity contribution is 0.0906. The number of nitrogens with zero attached hydrogens (tertiary/aromatic N) is 5. The van der Waals surface area contributed by atoms with Crippen LogP contribution in [0.5, 0.6) is 0 Å².